The Morgan fingerprint density at radius 3 is 2.15 bits per heavy atom. The van der Waals surface area contributed by atoms with Gasteiger partial charge in [-0.05, 0) is 62.5 Å². The molecule has 3 rings (SSSR count). The molecule has 2 nitrogen and oxygen atoms in total. The van der Waals surface area contributed by atoms with Crippen molar-refractivity contribution in [1.82, 2.24) is 4.90 Å². The fraction of sp³-hybridized carbons (Fsp3) is 0.667. The van der Waals surface area contributed by atoms with Gasteiger partial charge in [-0.1, -0.05) is 23.8 Å². The Morgan fingerprint density at radius 2 is 1.70 bits per heavy atom. The minimum Gasteiger partial charge on any atom is -0.329 e. The van der Waals surface area contributed by atoms with Crippen LogP contribution >= 0.6 is 0 Å². The minimum atomic E-state index is 0.414. The topological polar surface area (TPSA) is 29.3 Å². The second-order valence-corrected chi connectivity index (χ2v) is 6.95. The monoisotopic (exact) mass is 272 g/mol. The van der Waals surface area contributed by atoms with Crippen molar-refractivity contribution in [3.8, 4) is 0 Å². The van der Waals surface area contributed by atoms with Gasteiger partial charge in [0, 0.05) is 25.7 Å². The van der Waals surface area contributed by atoms with E-state index in [0.717, 1.165) is 18.4 Å². The molecule has 1 aromatic rings. The summed E-state index contributed by atoms with van der Waals surface area (Å²) >= 11 is 0. The summed E-state index contributed by atoms with van der Waals surface area (Å²) in [5.74, 6) is 1.88. The lowest BCUT2D eigenvalue weighted by molar-refractivity contribution is 0.184. The molecule has 0 aliphatic heterocycles. The molecule has 2 heteroatoms. The average Bonchev–Trinajstić information content (AvgIpc) is 3.28. The first-order valence-corrected chi connectivity index (χ1v) is 8.18. The van der Waals surface area contributed by atoms with Crippen LogP contribution in [0.1, 0.15) is 48.4 Å². The number of rotatable bonds is 7. The largest absolute Gasteiger partial charge is 0.329 e. The summed E-state index contributed by atoms with van der Waals surface area (Å²) in [6, 6.07) is 7.24. The Bertz CT molecular complexity index is 446. The molecule has 2 aliphatic rings. The zero-order valence-corrected chi connectivity index (χ0v) is 12.9. The number of nitrogens with two attached hydrogens (primary N) is 1. The van der Waals surface area contributed by atoms with E-state index >= 15 is 0 Å². The molecule has 0 radical (unpaired) electrons. The molecular formula is C18H28N2. The smallest absolute Gasteiger partial charge is 0.0473 e. The highest BCUT2D eigenvalue weighted by Gasteiger charge is 2.33. The van der Waals surface area contributed by atoms with Crippen LogP contribution in [0.25, 0.3) is 0 Å². The van der Waals surface area contributed by atoms with Crippen molar-refractivity contribution in [3.05, 3.63) is 34.9 Å². The van der Waals surface area contributed by atoms with Gasteiger partial charge in [0.15, 0.2) is 0 Å². The SMILES string of the molecule is Cc1ccc(C(CN)N(CC2CC2)CC2CC2)c(C)c1. The summed E-state index contributed by atoms with van der Waals surface area (Å²) in [5, 5.41) is 0. The van der Waals surface area contributed by atoms with E-state index in [2.05, 4.69) is 36.9 Å². The zero-order chi connectivity index (χ0) is 14.1. The van der Waals surface area contributed by atoms with Gasteiger partial charge >= 0.3 is 0 Å². The summed E-state index contributed by atoms with van der Waals surface area (Å²) in [6.07, 6.45) is 5.69. The van der Waals surface area contributed by atoms with E-state index in [1.165, 1.54) is 55.5 Å². The second-order valence-electron chi connectivity index (χ2n) is 6.95. The third-order valence-corrected chi connectivity index (χ3v) is 4.83. The fourth-order valence-electron chi connectivity index (χ4n) is 3.27. The third-order valence-electron chi connectivity index (χ3n) is 4.83. The number of nitrogens with zero attached hydrogens (tertiary/aromatic N) is 1. The summed E-state index contributed by atoms with van der Waals surface area (Å²) in [7, 11) is 0. The molecule has 1 atom stereocenters. The highest BCUT2D eigenvalue weighted by Crippen LogP contribution is 2.37. The molecular weight excluding hydrogens is 244 g/mol. The van der Waals surface area contributed by atoms with E-state index in [9.17, 15) is 0 Å². The lowest BCUT2D eigenvalue weighted by atomic mass is 9.97. The van der Waals surface area contributed by atoms with Gasteiger partial charge in [-0.3, -0.25) is 4.90 Å². The molecule has 0 spiro atoms. The van der Waals surface area contributed by atoms with Gasteiger partial charge in [-0.15, -0.1) is 0 Å². The van der Waals surface area contributed by atoms with E-state index in [-0.39, 0.29) is 0 Å². The number of hydrogen-bond acceptors (Lipinski definition) is 2. The summed E-state index contributed by atoms with van der Waals surface area (Å²) in [5.41, 5.74) is 10.4. The molecule has 2 aliphatic carbocycles. The lowest BCUT2D eigenvalue weighted by Gasteiger charge is -2.32. The molecule has 0 heterocycles. The van der Waals surface area contributed by atoms with Gasteiger partial charge in [0.1, 0.15) is 0 Å². The van der Waals surface area contributed by atoms with Crippen LogP contribution in [-0.4, -0.2) is 24.5 Å². The van der Waals surface area contributed by atoms with Crippen molar-refractivity contribution in [1.29, 1.82) is 0 Å². The van der Waals surface area contributed by atoms with Crippen LogP contribution in [0.4, 0.5) is 0 Å². The summed E-state index contributed by atoms with van der Waals surface area (Å²) in [4.78, 5) is 2.69. The highest BCUT2D eigenvalue weighted by molar-refractivity contribution is 5.33. The Balaban J connectivity index is 1.79. The fourth-order valence-corrected chi connectivity index (χ4v) is 3.27. The van der Waals surface area contributed by atoms with E-state index < -0.39 is 0 Å². The molecule has 0 saturated heterocycles. The van der Waals surface area contributed by atoms with Gasteiger partial charge in [-0.25, -0.2) is 0 Å². The maximum Gasteiger partial charge on any atom is 0.0473 e. The maximum atomic E-state index is 6.16. The molecule has 110 valence electrons. The van der Waals surface area contributed by atoms with Gasteiger partial charge in [0.05, 0.1) is 0 Å². The Hall–Kier alpha value is -0.860. The number of aryl methyl sites for hydroxylation is 2. The van der Waals surface area contributed by atoms with Crippen LogP contribution in [0.5, 0.6) is 0 Å². The van der Waals surface area contributed by atoms with Crippen molar-refractivity contribution >= 4 is 0 Å². The van der Waals surface area contributed by atoms with Crippen LogP contribution in [0.3, 0.4) is 0 Å². The van der Waals surface area contributed by atoms with E-state index in [1.807, 2.05) is 0 Å². The first kappa shape index (κ1) is 14.1. The minimum absolute atomic E-state index is 0.414. The average molecular weight is 272 g/mol. The molecule has 0 amide bonds. The van der Waals surface area contributed by atoms with Crippen LogP contribution < -0.4 is 5.73 Å². The molecule has 0 aromatic heterocycles. The Labute approximate surface area is 123 Å². The van der Waals surface area contributed by atoms with Crippen LogP contribution in [0.2, 0.25) is 0 Å². The Kier molecular flexibility index (Phi) is 4.13. The molecule has 2 saturated carbocycles. The molecule has 1 aromatic carbocycles. The molecule has 2 fully saturated rings. The van der Waals surface area contributed by atoms with Gasteiger partial charge < -0.3 is 5.73 Å². The third kappa shape index (κ3) is 3.42. The lowest BCUT2D eigenvalue weighted by Crippen LogP contribution is -2.37. The van der Waals surface area contributed by atoms with Crippen molar-refractivity contribution in [2.45, 2.75) is 45.6 Å². The summed E-state index contributed by atoms with van der Waals surface area (Å²) < 4.78 is 0. The second kappa shape index (κ2) is 5.87. The van der Waals surface area contributed by atoms with Gasteiger partial charge in [0.25, 0.3) is 0 Å². The van der Waals surface area contributed by atoms with Crippen molar-refractivity contribution < 1.29 is 0 Å². The standard InChI is InChI=1S/C18H28N2/c1-13-3-8-17(14(2)9-13)18(10-19)20(11-15-4-5-15)12-16-6-7-16/h3,8-9,15-16,18H,4-7,10-12,19H2,1-2H3. The van der Waals surface area contributed by atoms with Crippen LogP contribution in [0.15, 0.2) is 18.2 Å². The van der Waals surface area contributed by atoms with E-state index in [4.69, 9.17) is 5.73 Å². The van der Waals surface area contributed by atoms with Crippen LogP contribution in [-0.2, 0) is 0 Å². The maximum absolute atomic E-state index is 6.16. The zero-order valence-electron chi connectivity index (χ0n) is 12.9. The van der Waals surface area contributed by atoms with Crippen molar-refractivity contribution in [2.75, 3.05) is 19.6 Å². The predicted octanol–water partition coefficient (Wildman–Crippen LogP) is 3.43. The van der Waals surface area contributed by atoms with E-state index in [0.29, 0.717) is 6.04 Å². The molecule has 1 unspecified atom stereocenters. The number of hydrogen-bond donors (Lipinski definition) is 1. The van der Waals surface area contributed by atoms with Crippen molar-refractivity contribution in [3.63, 3.8) is 0 Å². The quantitative estimate of drug-likeness (QED) is 0.824. The summed E-state index contributed by atoms with van der Waals surface area (Å²) in [6.45, 7) is 7.65. The first-order chi connectivity index (χ1) is 9.67. The first-order valence-electron chi connectivity index (χ1n) is 8.18. The van der Waals surface area contributed by atoms with Gasteiger partial charge in [-0.2, -0.15) is 0 Å². The van der Waals surface area contributed by atoms with Gasteiger partial charge in [0.2, 0.25) is 0 Å². The number of benzene rings is 1. The van der Waals surface area contributed by atoms with Crippen LogP contribution in [0, 0.1) is 25.7 Å². The highest BCUT2D eigenvalue weighted by atomic mass is 15.2. The van der Waals surface area contributed by atoms with Crippen molar-refractivity contribution in [2.24, 2.45) is 17.6 Å². The Morgan fingerprint density at radius 1 is 1.10 bits per heavy atom. The molecule has 0 bridgehead atoms. The predicted molar refractivity (Wildman–Crippen MR) is 84.7 cm³/mol. The molecule has 20 heavy (non-hydrogen) atoms. The normalized spacial score (nSPS) is 20.4. The van der Waals surface area contributed by atoms with E-state index in [1.54, 1.807) is 0 Å². The molecule has 2 N–H and O–H groups in total.